The summed E-state index contributed by atoms with van der Waals surface area (Å²) in [5, 5.41) is 0. The molecule has 84 valence electrons. The van der Waals surface area contributed by atoms with Gasteiger partial charge in [0, 0.05) is 20.1 Å². The highest BCUT2D eigenvalue weighted by atomic mass is 35.5. The van der Waals surface area contributed by atoms with Gasteiger partial charge in [-0.3, -0.25) is 0 Å². The molecule has 0 heterocycles. The lowest BCUT2D eigenvalue weighted by Gasteiger charge is -2.39. The van der Waals surface area contributed by atoms with Crippen molar-refractivity contribution in [2.24, 2.45) is 5.92 Å². The Morgan fingerprint density at radius 3 is 2.21 bits per heavy atom. The van der Waals surface area contributed by atoms with Crippen LogP contribution < -0.4 is 4.84 Å². The summed E-state index contributed by atoms with van der Waals surface area (Å²) in [4.78, 5) is 2.63. The number of halogens is 1. The van der Waals surface area contributed by atoms with Crippen LogP contribution >= 0.6 is 11.8 Å². The van der Waals surface area contributed by atoms with Crippen molar-refractivity contribution in [1.29, 1.82) is 0 Å². The number of ether oxygens (including phenoxy) is 2. The summed E-state index contributed by atoms with van der Waals surface area (Å²) >= 11 is 5.55. The minimum absolute atomic E-state index is 0.456. The largest absolute Gasteiger partial charge is 0.352 e. The van der Waals surface area contributed by atoms with Crippen molar-refractivity contribution in [3.63, 3.8) is 0 Å². The topological polar surface area (TPSA) is 30.5 Å². The van der Waals surface area contributed by atoms with Crippen LogP contribution in [0, 0.1) is 5.92 Å². The molecule has 0 aliphatic heterocycles. The average molecular weight is 222 g/mol. The van der Waals surface area contributed by atoms with E-state index in [1.807, 2.05) is 0 Å². The number of hydrogen-bond donors (Lipinski definition) is 1. The van der Waals surface area contributed by atoms with Crippen molar-refractivity contribution < 1.29 is 9.47 Å². The average Bonchev–Trinajstić information content (AvgIpc) is 2.27. The molecule has 0 aromatic carbocycles. The smallest absolute Gasteiger partial charge is 0.184 e. The molecule has 0 radical (unpaired) electrons. The molecule has 14 heavy (non-hydrogen) atoms. The Labute approximate surface area is 91.2 Å². The number of hydrogen-bond acceptors (Lipinski definition) is 3. The number of rotatable bonds is 5. The van der Waals surface area contributed by atoms with Crippen LogP contribution in [-0.4, -0.2) is 26.6 Å². The summed E-state index contributed by atoms with van der Waals surface area (Å²) < 4.78 is 11.0. The van der Waals surface area contributed by atoms with E-state index in [9.17, 15) is 0 Å². The fourth-order valence-corrected chi connectivity index (χ4v) is 2.53. The van der Waals surface area contributed by atoms with Gasteiger partial charge in [0.05, 0.1) is 6.54 Å². The standard InChI is InChI=1S/C10H20ClNO2/c1-13-10(14-2,8-12-11)9-6-4-3-5-7-9/h9,12H,3-8H2,1-2H3. The maximum absolute atomic E-state index is 5.55. The van der Waals surface area contributed by atoms with E-state index in [4.69, 9.17) is 21.3 Å². The van der Waals surface area contributed by atoms with E-state index in [1.165, 1.54) is 32.1 Å². The molecule has 4 heteroatoms. The van der Waals surface area contributed by atoms with Crippen LogP contribution in [0.1, 0.15) is 32.1 Å². The summed E-state index contributed by atoms with van der Waals surface area (Å²) in [5.41, 5.74) is 0. The minimum atomic E-state index is -0.540. The molecule has 1 saturated carbocycles. The van der Waals surface area contributed by atoms with E-state index in [1.54, 1.807) is 14.2 Å². The van der Waals surface area contributed by atoms with Gasteiger partial charge in [-0.2, -0.15) is 0 Å². The van der Waals surface area contributed by atoms with Crippen LogP contribution in [0.3, 0.4) is 0 Å². The van der Waals surface area contributed by atoms with Gasteiger partial charge >= 0.3 is 0 Å². The van der Waals surface area contributed by atoms with Crippen molar-refractivity contribution in [2.45, 2.75) is 37.9 Å². The third-order valence-electron chi connectivity index (χ3n) is 3.23. The first-order valence-corrected chi connectivity index (χ1v) is 5.60. The number of methoxy groups -OCH3 is 2. The van der Waals surface area contributed by atoms with Crippen LogP contribution in [0.5, 0.6) is 0 Å². The van der Waals surface area contributed by atoms with Gasteiger partial charge in [-0.25, -0.2) is 4.84 Å². The quantitative estimate of drug-likeness (QED) is 0.571. The summed E-state index contributed by atoms with van der Waals surface area (Å²) in [7, 11) is 3.37. The highest BCUT2D eigenvalue weighted by Crippen LogP contribution is 2.35. The summed E-state index contributed by atoms with van der Waals surface area (Å²) in [5.74, 6) is -0.0835. The zero-order chi connectivity index (χ0) is 10.4. The monoisotopic (exact) mass is 221 g/mol. The number of nitrogens with one attached hydrogen (secondary N) is 1. The lowest BCUT2D eigenvalue weighted by atomic mass is 9.83. The second-order valence-electron chi connectivity index (χ2n) is 3.87. The molecule has 1 fully saturated rings. The van der Waals surface area contributed by atoms with Crippen molar-refractivity contribution in [2.75, 3.05) is 20.8 Å². The van der Waals surface area contributed by atoms with Crippen LogP contribution in [-0.2, 0) is 9.47 Å². The highest BCUT2D eigenvalue weighted by molar-refractivity contribution is 6.13. The van der Waals surface area contributed by atoms with Gasteiger partial charge in [-0.05, 0) is 24.6 Å². The maximum Gasteiger partial charge on any atom is 0.184 e. The summed E-state index contributed by atoms with van der Waals surface area (Å²) in [6.45, 7) is 0.534. The minimum Gasteiger partial charge on any atom is -0.352 e. The van der Waals surface area contributed by atoms with E-state index in [2.05, 4.69) is 4.84 Å². The van der Waals surface area contributed by atoms with Crippen molar-refractivity contribution in [1.82, 2.24) is 4.84 Å². The van der Waals surface area contributed by atoms with Gasteiger partial charge in [0.15, 0.2) is 5.79 Å². The molecule has 1 N–H and O–H groups in total. The maximum atomic E-state index is 5.55. The molecule has 0 spiro atoms. The zero-order valence-electron chi connectivity index (χ0n) is 9.01. The molecule has 3 nitrogen and oxygen atoms in total. The highest BCUT2D eigenvalue weighted by Gasteiger charge is 2.39. The van der Waals surface area contributed by atoms with Gasteiger partial charge in [-0.1, -0.05) is 19.3 Å². The molecule has 0 saturated heterocycles. The normalized spacial score (nSPS) is 19.9. The summed E-state index contributed by atoms with van der Waals surface area (Å²) in [6.07, 6.45) is 6.19. The lowest BCUT2D eigenvalue weighted by molar-refractivity contribution is -0.239. The van der Waals surface area contributed by atoms with Crippen LogP contribution in [0.25, 0.3) is 0 Å². The van der Waals surface area contributed by atoms with Gasteiger partial charge in [0.25, 0.3) is 0 Å². The predicted molar refractivity (Wildman–Crippen MR) is 57.2 cm³/mol. The van der Waals surface area contributed by atoms with Crippen LogP contribution in [0.15, 0.2) is 0 Å². The Morgan fingerprint density at radius 2 is 1.79 bits per heavy atom. The molecular weight excluding hydrogens is 202 g/mol. The van der Waals surface area contributed by atoms with Crippen LogP contribution in [0.2, 0.25) is 0 Å². The van der Waals surface area contributed by atoms with E-state index in [0.717, 1.165) is 0 Å². The van der Waals surface area contributed by atoms with Gasteiger partial charge in [0.1, 0.15) is 0 Å². The second kappa shape index (κ2) is 5.91. The van der Waals surface area contributed by atoms with Gasteiger partial charge in [-0.15, -0.1) is 0 Å². The Bertz CT molecular complexity index is 156. The Balaban J connectivity index is 2.62. The van der Waals surface area contributed by atoms with E-state index in [0.29, 0.717) is 12.5 Å². The zero-order valence-corrected chi connectivity index (χ0v) is 9.77. The van der Waals surface area contributed by atoms with E-state index in [-0.39, 0.29) is 0 Å². The van der Waals surface area contributed by atoms with Gasteiger partial charge in [0.2, 0.25) is 0 Å². The fraction of sp³-hybridized carbons (Fsp3) is 1.00. The van der Waals surface area contributed by atoms with Gasteiger partial charge < -0.3 is 9.47 Å². The second-order valence-corrected chi connectivity index (χ2v) is 4.13. The fourth-order valence-electron chi connectivity index (χ4n) is 2.34. The predicted octanol–water partition coefficient (Wildman–Crippen LogP) is 2.30. The molecule has 0 unspecified atom stereocenters. The first kappa shape index (κ1) is 12.2. The van der Waals surface area contributed by atoms with E-state index < -0.39 is 5.79 Å². The van der Waals surface area contributed by atoms with Crippen molar-refractivity contribution in [3.05, 3.63) is 0 Å². The first-order valence-electron chi connectivity index (χ1n) is 5.23. The Kier molecular flexibility index (Phi) is 5.17. The lowest BCUT2D eigenvalue weighted by Crippen LogP contribution is -2.49. The molecule has 0 bridgehead atoms. The molecule has 0 amide bonds. The SMILES string of the molecule is COC(CNCl)(OC)C1CCCCC1. The molecule has 1 aliphatic carbocycles. The molecule has 0 aromatic rings. The third-order valence-corrected chi connectivity index (χ3v) is 3.37. The van der Waals surface area contributed by atoms with Crippen molar-refractivity contribution >= 4 is 11.8 Å². The molecular formula is C10H20ClNO2. The van der Waals surface area contributed by atoms with Crippen molar-refractivity contribution in [3.8, 4) is 0 Å². The molecule has 1 aliphatic rings. The summed E-state index contributed by atoms with van der Waals surface area (Å²) in [6, 6.07) is 0. The van der Waals surface area contributed by atoms with Crippen LogP contribution in [0.4, 0.5) is 0 Å². The Hall–Kier alpha value is 0.170. The van der Waals surface area contributed by atoms with E-state index >= 15 is 0 Å². The molecule has 1 rings (SSSR count). The molecule has 0 atom stereocenters. The molecule has 0 aromatic heterocycles. The third kappa shape index (κ3) is 2.60. The first-order chi connectivity index (χ1) is 6.79. The Morgan fingerprint density at radius 1 is 1.21 bits per heavy atom.